The SMILES string of the molecule is Cc1cn(C)cc1C(=O)NC1CCC(N(C)c2cccc3nc(C(F)F)cn23)CC1. The van der Waals surface area contributed by atoms with Crippen molar-refractivity contribution in [2.45, 2.75) is 51.1 Å². The molecule has 0 bridgehead atoms. The van der Waals surface area contributed by atoms with Crippen molar-refractivity contribution in [1.29, 1.82) is 0 Å². The molecule has 1 fully saturated rings. The molecule has 3 aromatic heterocycles. The fourth-order valence-corrected chi connectivity index (χ4v) is 4.42. The minimum Gasteiger partial charge on any atom is -0.358 e. The first kappa shape index (κ1) is 20.4. The summed E-state index contributed by atoms with van der Waals surface area (Å²) in [6, 6.07) is 5.94. The summed E-state index contributed by atoms with van der Waals surface area (Å²) in [6.07, 6.45) is 6.23. The molecule has 0 spiro atoms. The number of amides is 1. The van der Waals surface area contributed by atoms with Crippen LogP contribution in [0.1, 0.15) is 53.7 Å². The van der Waals surface area contributed by atoms with E-state index < -0.39 is 6.43 Å². The smallest absolute Gasteiger partial charge is 0.281 e. The van der Waals surface area contributed by atoms with Crippen LogP contribution in [0.2, 0.25) is 0 Å². The Bertz CT molecular complexity index is 1050. The Balaban J connectivity index is 1.41. The number of rotatable bonds is 5. The monoisotopic (exact) mass is 415 g/mol. The highest BCUT2D eigenvalue weighted by molar-refractivity contribution is 5.95. The van der Waals surface area contributed by atoms with E-state index in [2.05, 4.69) is 15.2 Å². The number of carbonyl (C=O) groups is 1. The van der Waals surface area contributed by atoms with E-state index in [1.807, 2.05) is 50.1 Å². The van der Waals surface area contributed by atoms with Gasteiger partial charge in [0.2, 0.25) is 0 Å². The summed E-state index contributed by atoms with van der Waals surface area (Å²) >= 11 is 0. The molecule has 0 unspecified atom stereocenters. The van der Waals surface area contributed by atoms with E-state index in [9.17, 15) is 13.6 Å². The zero-order valence-corrected chi connectivity index (χ0v) is 17.5. The second kappa shape index (κ2) is 8.08. The number of carbonyl (C=O) groups excluding carboxylic acids is 1. The Morgan fingerprint density at radius 2 is 1.93 bits per heavy atom. The Morgan fingerprint density at radius 3 is 2.57 bits per heavy atom. The number of fused-ring (bicyclic) bond motifs is 1. The Kier molecular flexibility index (Phi) is 5.49. The molecule has 0 atom stereocenters. The molecule has 6 nitrogen and oxygen atoms in total. The molecule has 4 rings (SSSR count). The summed E-state index contributed by atoms with van der Waals surface area (Å²) in [7, 11) is 3.91. The highest BCUT2D eigenvalue weighted by Gasteiger charge is 2.27. The van der Waals surface area contributed by atoms with Gasteiger partial charge in [0.1, 0.15) is 17.2 Å². The molecule has 1 N–H and O–H groups in total. The third-order valence-electron chi connectivity index (χ3n) is 6.05. The molecule has 8 heteroatoms. The van der Waals surface area contributed by atoms with E-state index in [-0.39, 0.29) is 23.7 Å². The van der Waals surface area contributed by atoms with Crippen molar-refractivity contribution in [2.24, 2.45) is 7.05 Å². The quantitative estimate of drug-likeness (QED) is 0.683. The molecule has 160 valence electrons. The van der Waals surface area contributed by atoms with E-state index in [4.69, 9.17) is 0 Å². The summed E-state index contributed by atoms with van der Waals surface area (Å²) in [4.78, 5) is 18.7. The van der Waals surface area contributed by atoms with Crippen LogP contribution in [0.4, 0.5) is 14.6 Å². The van der Waals surface area contributed by atoms with E-state index in [1.165, 1.54) is 6.20 Å². The van der Waals surface area contributed by atoms with Gasteiger partial charge in [0.25, 0.3) is 12.3 Å². The molecule has 1 saturated carbocycles. The van der Waals surface area contributed by atoms with Gasteiger partial charge in [-0.1, -0.05) is 6.07 Å². The number of hydrogen-bond acceptors (Lipinski definition) is 3. The van der Waals surface area contributed by atoms with Crippen LogP contribution in [0.15, 0.2) is 36.8 Å². The van der Waals surface area contributed by atoms with E-state index >= 15 is 0 Å². The van der Waals surface area contributed by atoms with Gasteiger partial charge in [-0.25, -0.2) is 13.8 Å². The minimum absolute atomic E-state index is 0.0207. The highest BCUT2D eigenvalue weighted by Crippen LogP contribution is 2.28. The largest absolute Gasteiger partial charge is 0.358 e. The number of aromatic nitrogens is 3. The second-order valence-corrected chi connectivity index (χ2v) is 8.19. The Hall–Kier alpha value is -2.90. The third kappa shape index (κ3) is 3.91. The maximum absolute atomic E-state index is 13.1. The van der Waals surface area contributed by atoms with E-state index in [0.29, 0.717) is 5.65 Å². The maximum Gasteiger partial charge on any atom is 0.281 e. The van der Waals surface area contributed by atoms with Crippen molar-refractivity contribution in [2.75, 3.05) is 11.9 Å². The van der Waals surface area contributed by atoms with Gasteiger partial charge < -0.3 is 14.8 Å². The molecule has 0 aliphatic heterocycles. The lowest BCUT2D eigenvalue weighted by molar-refractivity contribution is 0.0925. The zero-order chi connectivity index (χ0) is 21.4. The normalized spacial score (nSPS) is 19.4. The van der Waals surface area contributed by atoms with Crippen LogP contribution >= 0.6 is 0 Å². The molecule has 0 radical (unpaired) electrons. The standard InChI is InChI=1S/C22H27F2N5O/c1-14-11-27(2)12-17(14)22(30)25-15-7-9-16(10-8-15)28(3)20-6-4-5-19-26-18(21(23)24)13-29(19)20/h4-6,11-13,15-16,21H,7-10H2,1-3H3,(H,25,30). The van der Waals surface area contributed by atoms with Gasteiger partial charge in [0, 0.05) is 44.8 Å². The summed E-state index contributed by atoms with van der Waals surface area (Å²) in [5, 5.41) is 3.16. The number of nitrogens with one attached hydrogen (secondary N) is 1. The van der Waals surface area contributed by atoms with Gasteiger partial charge in [0.15, 0.2) is 0 Å². The first-order chi connectivity index (χ1) is 14.3. The lowest BCUT2D eigenvalue weighted by Crippen LogP contribution is -2.43. The summed E-state index contributed by atoms with van der Waals surface area (Å²) in [6.45, 7) is 1.94. The van der Waals surface area contributed by atoms with Crippen molar-refractivity contribution in [3.05, 3.63) is 53.6 Å². The molecule has 1 amide bonds. The van der Waals surface area contributed by atoms with Gasteiger partial charge >= 0.3 is 0 Å². The van der Waals surface area contributed by atoms with Crippen LogP contribution in [0, 0.1) is 6.92 Å². The molecule has 30 heavy (non-hydrogen) atoms. The number of anilines is 1. The van der Waals surface area contributed by atoms with Gasteiger partial charge in [-0.2, -0.15) is 0 Å². The van der Waals surface area contributed by atoms with E-state index in [1.54, 1.807) is 10.5 Å². The fourth-order valence-electron chi connectivity index (χ4n) is 4.42. The predicted molar refractivity (Wildman–Crippen MR) is 112 cm³/mol. The highest BCUT2D eigenvalue weighted by atomic mass is 19.3. The number of imidazole rings is 1. The molecular weight excluding hydrogens is 388 g/mol. The number of nitrogens with zero attached hydrogens (tertiary/aromatic N) is 4. The van der Waals surface area contributed by atoms with Crippen molar-refractivity contribution in [1.82, 2.24) is 19.3 Å². The van der Waals surface area contributed by atoms with Gasteiger partial charge in [-0.15, -0.1) is 0 Å². The number of alkyl halides is 2. The molecule has 1 aliphatic carbocycles. The molecule has 3 heterocycles. The predicted octanol–water partition coefficient (Wildman–Crippen LogP) is 4.10. The lowest BCUT2D eigenvalue weighted by Gasteiger charge is -2.36. The van der Waals surface area contributed by atoms with Crippen LogP contribution in [-0.2, 0) is 7.05 Å². The fraction of sp³-hybridized carbons (Fsp3) is 0.455. The van der Waals surface area contributed by atoms with Gasteiger partial charge in [-0.05, 0) is 50.3 Å². The van der Waals surface area contributed by atoms with Crippen LogP contribution in [0.3, 0.4) is 0 Å². The van der Waals surface area contributed by atoms with Crippen LogP contribution in [0.25, 0.3) is 5.65 Å². The summed E-state index contributed by atoms with van der Waals surface area (Å²) < 4.78 is 29.8. The van der Waals surface area contributed by atoms with Crippen molar-refractivity contribution >= 4 is 17.4 Å². The Labute approximate surface area is 174 Å². The zero-order valence-electron chi connectivity index (χ0n) is 17.5. The van der Waals surface area contributed by atoms with Crippen molar-refractivity contribution in [3.8, 4) is 0 Å². The van der Waals surface area contributed by atoms with Gasteiger partial charge in [0.05, 0.1) is 5.56 Å². The average molecular weight is 415 g/mol. The first-order valence-electron chi connectivity index (χ1n) is 10.3. The van der Waals surface area contributed by atoms with Crippen molar-refractivity contribution < 1.29 is 13.6 Å². The third-order valence-corrected chi connectivity index (χ3v) is 6.05. The number of hydrogen-bond donors (Lipinski definition) is 1. The Morgan fingerprint density at radius 1 is 1.20 bits per heavy atom. The summed E-state index contributed by atoms with van der Waals surface area (Å²) in [5.41, 5.74) is 2.01. The van der Waals surface area contributed by atoms with Crippen LogP contribution in [-0.4, -0.2) is 39.0 Å². The van der Waals surface area contributed by atoms with Crippen LogP contribution < -0.4 is 10.2 Å². The molecule has 0 aromatic carbocycles. The first-order valence-corrected chi connectivity index (χ1v) is 10.3. The van der Waals surface area contributed by atoms with E-state index in [0.717, 1.165) is 42.6 Å². The minimum atomic E-state index is -2.59. The molecular formula is C22H27F2N5O. The van der Waals surface area contributed by atoms with Crippen molar-refractivity contribution in [3.63, 3.8) is 0 Å². The molecule has 0 saturated heterocycles. The topological polar surface area (TPSA) is 54.6 Å². The number of aryl methyl sites for hydroxylation is 2. The van der Waals surface area contributed by atoms with Gasteiger partial charge in [-0.3, -0.25) is 9.20 Å². The molecule has 1 aliphatic rings. The maximum atomic E-state index is 13.1. The average Bonchev–Trinajstić information content (AvgIpc) is 3.30. The number of pyridine rings is 1. The summed E-state index contributed by atoms with van der Waals surface area (Å²) in [5.74, 6) is 0.826. The second-order valence-electron chi connectivity index (χ2n) is 8.19. The molecule has 3 aromatic rings. The number of halogens is 2. The van der Waals surface area contributed by atoms with Crippen LogP contribution in [0.5, 0.6) is 0 Å². The lowest BCUT2D eigenvalue weighted by atomic mass is 9.90.